The van der Waals surface area contributed by atoms with Crippen molar-refractivity contribution in [2.75, 3.05) is 11.5 Å². The highest BCUT2D eigenvalue weighted by molar-refractivity contribution is 9.10. The first kappa shape index (κ1) is 24.6. The summed E-state index contributed by atoms with van der Waals surface area (Å²) < 4.78 is 56.5. The van der Waals surface area contributed by atoms with Crippen molar-refractivity contribution in [2.45, 2.75) is 36.5 Å². The summed E-state index contributed by atoms with van der Waals surface area (Å²) in [5, 5.41) is 1.32. The lowest BCUT2D eigenvalue weighted by Gasteiger charge is -2.09. The monoisotopic (exact) mass is 561 g/mol. The first-order chi connectivity index (χ1) is 16.1. The normalized spacial score (nSPS) is 12.4. The van der Waals surface area contributed by atoms with Crippen molar-refractivity contribution in [1.29, 1.82) is 0 Å². The first-order valence-corrected chi connectivity index (χ1v) is 15.0. The van der Waals surface area contributed by atoms with Gasteiger partial charge in [-0.3, -0.25) is 4.79 Å². The van der Waals surface area contributed by atoms with E-state index in [0.29, 0.717) is 11.8 Å². The number of fused-ring (bicyclic) bond motifs is 3. The van der Waals surface area contributed by atoms with Crippen LogP contribution in [0.5, 0.6) is 0 Å². The second-order valence-electron chi connectivity index (χ2n) is 8.10. The fourth-order valence-corrected chi connectivity index (χ4v) is 8.48. The Bertz CT molecular complexity index is 1620. The van der Waals surface area contributed by atoms with Gasteiger partial charge in [0.05, 0.1) is 17.0 Å². The molecular formula is C25H24BrNO5S2. The van der Waals surface area contributed by atoms with Crippen LogP contribution in [-0.4, -0.2) is 38.5 Å². The van der Waals surface area contributed by atoms with Crippen LogP contribution in [0.4, 0.5) is 0 Å². The smallest absolute Gasteiger partial charge is 0.211 e. The molecule has 6 nitrogen and oxygen atoms in total. The van der Waals surface area contributed by atoms with Gasteiger partial charge in [-0.15, -0.1) is 0 Å². The zero-order chi connectivity index (χ0) is 24.7. The van der Waals surface area contributed by atoms with Gasteiger partial charge in [0, 0.05) is 21.6 Å². The topological polar surface area (TPSA) is 89.8 Å². The zero-order valence-corrected chi connectivity index (χ0v) is 22.0. The average molecular weight is 563 g/mol. The highest BCUT2D eigenvalue weighted by atomic mass is 79.9. The van der Waals surface area contributed by atoms with Crippen LogP contribution in [0.1, 0.15) is 42.7 Å². The quantitative estimate of drug-likeness (QED) is 0.267. The molecule has 0 bridgehead atoms. The highest BCUT2D eigenvalue weighted by Gasteiger charge is 2.37. The molecular weight excluding hydrogens is 538 g/mol. The summed E-state index contributed by atoms with van der Waals surface area (Å²) in [5.74, 6) is -1.04. The van der Waals surface area contributed by atoms with Gasteiger partial charge in [0.25, 0.3) is 0 Å². The molecule has 0 N–H and O–H groups in total. The van der Waals surface area contributed by atoms with Crippen molar-refractivity contribution in [3.8, 4) is 0 Å². The molecule has 0 saturated heterocycles. The van der Waals surface area contributed by atoms with Gasteiger partial charge in [-0.1, -0.05) is 54.0 Å². The molecule has 0 radical (unpaired) electrons. The summed E-state index contributed by atoms with van der Waals surface area (Å²) in [6.45, 7) is 3.43. The van der Waals surface area contributed by atoms with Gasteiger partial charge in [0.2, 0.25) is 5.78 Å². The fraction of sp³-hybridized carbons (Fsp3) is 0.240. The number of aromatic nitrogens is 1. The van der Waals surface area contributed by atoms with Gasteiger partial charge in [-0.25, -0.2) is 16.8 Å². The predicted molar refractivity (Wildman–Crippen MR) is 137 cm³/mol. The first-order valence-electron chi connectivity index (χ1n) is 10.9. The van der Waals surface area contributed by atoms with Crippen LogP contribution in [0.2, 0.25) is 0 Å². The molecule has 0 amide bonds. The number of halogens is 1. The molecule has 2 aromatic heterocycles. The van der Waals surface area contributed by atoms with E-state index in [0.717, 1.165) is 9.86 Å². The number of hydrogen-bond donors (Lipinski definition) is 0. The second-order valence-corrected chi connectivity index (χ2v) is 13.1. The van der Waals surface area contributed by atoms with Gasteiger partial charge < -0.3 is 4.40 Å². The fourth-order valence-electron chi connectivity index (χ4n) is 4.23. The van der Waals surface area contributed by atoms with Gasteiger partial charge in [-0.05, 0) is 48.6 Å². The standard InChI is InChI=1S/C25H24BrNO5S2/c1-3-15-33(29,30)24-21-20-8-6-5-7-17(20)13-14-27(21)22(25(24)34(31,32)16-4-2)23(28)18-9-11-19(26)12-10-18/h5-14H,3-4,15-16H2,1-2H3. The minimum atomic E-state index is -4.09. The minimum absolute atomic E-state index is 0.147. The lowest BCUT2D eigenvalue weighted by Crippen LogP contribution is -2.17. The Morgan fingerprint density at radius 2 is 1.41 bits per heavy atom. The van der Waals surface area contributed by atoms with Crippen LogP contribution in [0.25, 0.3) is 16.3 Å². The molecule has 178 valence electrons. The van der Waals surface area contributed by atoms with Crippen LogP contribution in [-0.2, 0) is 19.7 Å². The maximum atomic E-state index is 13.8. The second kappa shape index (κ2) is 9.28. The molecule has 0 aliphatic carbocycles. The number of sulfone groups is 2. The SMILES string of the molecule is CCCS(=O)(=O)c1c(S(=O)(=O)CCC)c2c3ccccc3ccn2c1C(=O)c1ccc(Br)cc1. The van der Waals surface area contributed by atoms with Crippen molar-refractivity contribution < 1.29 is 21.6 Å². The molecule has 0 aliphatic heterocycles. The van der Waals surface area contributed by atoms with Crippen LogP contribution in [0, 0.1) is 0 Å². The molecule has 0 fully saturated rings. The number of carbonyl (C=O) groups is 1. The predicted octanol–water partition coefficient (Wildman–Crippen LogP) is 5.45. The van der Waals surface area contributed by atoms with E-state index in [1.54, 1.807) is 62.5 Å². The lowest BCUT2D eigenvalue weighted by molar-refractivity contribution is 0.103. The number of hydrogen-bond acceptors (Lipinski definition) is 5. The maximum Gasteiger partial charge on any atom is 0.211 e. The van der Waals surface area contributed by atoms with Crippen LogP contribution in [0.15, 0.2) is 75.1 Å². The number of rotatable bonds is 8. The molecule has 0 saturated carbocycles. The Morgan fingerprint density at radius 3 is 2.03 bits per heavy atom. The number of nitrogens with zero attached hydrogens (tertiary/aromatic N) is 1. The molecule has 2 heterocycles. The summed E-state index contributed by atoms with van der Waals surface area (Å²) in [5.41, 5.74) is 0.344. The molecule has 0 atom stereocenters. The van der Waals surface area contributed by atoms with E-state index < -0.39 is 30.4 Å². The minimum Gasteiger partial charge on any atom is -0.311 e. The van der Waals surface area contributed by atoms with Crippen molar-refractivity contribution >= 4 is 57.7 Å². The molecule has 9 heteroatoms. The number of carbonyl (C=O) groups excluding carboxylic acids is 1. The highest BCUT2D eigenvalue weighted by Crippen LogP contribution is 2.38. The van der Waals surface area contributed by atoms with Gasteiger partial charge in [0.1, 0.15) is 15.5 Å². The Labute approximate surface area is 207 Å². The zero-order valence-electron chi connectivity index (χ0n) is 18.8. The molecule has 0 aliphatic rings. The summed E-state index contributed by atoms with van der Waals surface area (Å²) >= 11 is 3.34. The number of pyridine rings is 1. The molecule has 4 aromatic rings. The van der Waals surface area contributed by atoms with Crippen LogP contribution >= 0.6 is 15.9 Å². The van der Waals surface area contributed by atoms with Crippen LogP contribution in [0.3, 0.4) is 0 Å². The van der Waals surface area contributed by atoms with E-state index in [9.17, 15) is 21.6 Å². The van der Waals surface area contributed by atoms with E-state index in [2.05, 4.69) is 15.9 Å². The van der Waals surface area contributed by atoms with Gasteiger partial charge >= 0.3 is 0 Å². The number of benzene rings is 2. The van der Waals surface area contributed by atoms with Crippen LogP contribution < -0.4 is 0 Å². The summed E-state index contributed by atoms with van der Waals surface area (Å²) in [7, 11) is -8.12. The largest absolute Gasteiger partial charge is 0.311 e. The molecule has 2 aromatic carbocycles. The van der Waals surface area contributed by atoms with Gasteiger partial charge in [0.15, 0.2) is 19.7 Å². The van der Waals surface area contributed by atoms with Crippen molar-refractivity contribution in [1.82, 2.24) is 4.40 Å². The van der Waals surface area contributed by atoms with Gasteiger partial charge in [-0.2, -0.15) is 0 Å². The van der Waals surface area contributed by atoms with E-state index in [-0.39, 0.29) is 39.6 Å². The van der Waals surface area contributed by atoms with E-state index in [4.69, 9.17) is 0 Å². The van der Waals surface area contributed by atoms with Crippen molar-refractivity contribution in [2.24, 2.45) is 0 Å². The molecule has 0 spiro atoms. The Balaban J connectivity index is 2.26. The lowest BCUT2D eigenvalue weighted by atomic mass is 10.1. The number of ketones is 1. The summed E-state index contributed by atoms with van der Waals surface area (Å²) in [6, 6.07) is 15.5. The molecule has 34 heavy (non-hydrogen) atoms. The van der Waals surface area contributed by atoms with E-state index in [1.807, 2.05) is 12.1 Å². The third kappa shape index (κ3) is 4.21. The third-order valence-corrected chi connectivity index (χ3v) is 10.2. The third-order valence-electron chi connectivity index (χ3n) is 5.63. The van der Waals surface area contributed by atoms with Crippen molar-refractivity contribution in [3.05, 3.63) is 76.5 Å². The Kier molecular flexibility index (Phi) is 6.72. The average Bonchev–Trinajstić information content (AvgIpc) is 3.17. The summed E-state index contributed by atoms with van der Waals surface area (Å²) in [6.07, 6.45) is 2.18. The Hall–Kier alpha value is -2.49. The maximum absolute atomic E-state index is 13.8. The molecule has 4 rings (SSSR count). The van der Waals surface area contributed by atoms with E-state index >= 15 is 0 Å². The molecule has 0 unspecified atom stereocenters. The Morgan fingerprint density at radius 1 is 0.824 bits per heavy atom. The summed E-state index contributed by atoms with van der Waals surface area (Å²) in [4.78, 5) is 13.1. The van der Waals surface area contributed by atoms with Crippen molar-refractivity contribution in [3.63, 3.8) is 0 Å². The van der Waals surface area contributed by atoms with E-state index in [1.165, 1.54) is 4.40 Å².